The van der Waals surface area contributed by atoms with Crippen molar-refractivity contribution in [1.29, 1.82) is 0 Å². The fraction of sp³-hybridized carbons (Fsp3) is 0.333. The van der Waals surface area contributed by atoms with Crippen molar-refractivity contribution in [1.82, 2.24) is 19.5 Å². The second kappa shape index (κ2) is 9.51. The number of nitrogens with zero attached hydrogens (tertiary/aromatic N) is 4. The number of nitrogens with one attached hydrogen (secondary N) is 1. The molecule has 2 aliphatic heterocycles. The van der Waals surface area contributed by atoms with Crippen LogP contribution in [0, 0.1) is 12.8 Å². The minimum atomic E-state index is 0.313. The number of fused-ring (bicyclic) bond motifs is 2. The predicted octanol–water partition coefficient (Wildman–Crippen LogP) is 5.52. The normalized spacial score (nSPS) is 17.7. The van der Waals surface area contributed by atoms with E-state index in [9.17, 15) is 0 Å². The lowest BCUT2D eigenvalue weighted by molar-refractivity contribution is 0.162. The summed E-state index contributed by atoms with van der Waals surface area (Å²) in [7, 11) is 0. The highest BCUT2D eigenvalue weighted by Crippen LogP contribution is 2.36. The van der Waals surface area contributed by atoms with Gasteiger partial charge in [0.15, 0.2) is 17.1 Å². The van der Waals surface area contributed by atoms with Crippen LogP contribution < -0.4 is 14.8 Å². The summed E-state index contributed by atoms with van der Waals surface area (Å²) in [5, 5.41) is 8.25. The molecule has 0 radical (unpaired) electrons. The summed E-state index contributed by atoms with van der Waals surface area (Å²) in [6.45, 7) is 6.34. The zero-order valence-electron chi connectivity index (χ0n) is 19.7. The largest absolute Gasteiger partial charge is 0.454 e. The molecule has 180 valence electrons. The molecule has 1 unspecified atom stereocenters. The van der Waals surface area contributed by atoms with Gasteiger partial charge in [0.1, 0.15) is 5.82 Å². The van der Waals surface area contributed by atoms with E-state index in [0.29, 0.717) is 12.7 Å². The second-order valence-electron chi connectivity index (χ2n) is 9.34. The Morgan fingerprint density at radius 3 is 2.97 bits per heavy atom. The second-order valence-corrected chi connectivity index (χ2v) is 10.2. The molecule has 0 aliphatic carbocycles. The first-order valence-electron chi connectivity index (χ1n) is 12.1. The number of benzene rings is 2. The van der Waals surface area contributed by atoms with E-state index in [4.69, 9.17) is 14.5 Å². The van der Waals surface area contributed by atoms with Gasteiger partial charge in [-0.1, -0.05) is 36.4 Å². The van der Waals surface area contributed by atoms with Gasteiger partial charge >= 0.3 is 0 Å². The molecule has 2 aliphatic rings. The van der Waals surface area contributed by atoms with Crippen molar-refractivity contribution in [3.05, 3.63) is 70.3 Å². The average Bonchev–Trinajstić information content (AvgIpc) is 3.51. The summed E-state index contributed by atoms with van der Waals surface area (Å²) in [4.78, 5) is 7.42. The Morgan fingerprint density at radius 2 is 2.06 bits per heavy atom. The van der Waals surface area contributed by atoms with Crippen molar-refractivity contribution in [2.45, 2.75) is 26.3 Å². The molecule has 2 aromatic heterocycles. The molecule has 8 heteroatoms. The third kappa shape index (κ3) is 4.48. The maximum absolute atomic E-state index is 5.72. The number of likely N-dealkylation sites (tertiary alicyclic amines) is 1. The van der Waals surface area contributed by atoms with Crippen molar-refractivity contribution in [2.75, 3.05) is 31.7 Å². The predicted molar refractivity (Wildman–Crippen MR) is 140 cm³/mol. The molecule has 6 rings (SSSR count). The number of para-hydroxylation sites is 1. The SMILES string of the molecule is Cc1ccccc1-c1cc(NCC2CCCN(Cc3cccc4c3OCO4)C2)n2ncc(Br)c2n1. The van der Waals surface area contributed by atoms with Crippen LogP contribution in [-0.2, 0) is 6.54 Å². The number of aromatic nitrogens is 3. The first-order valence-corrected chi connectivity index (χ1v) is 12.9. The zero-order chi connectivity index (χ0) is 23.8. The molecule has 0 spiro atoms. The maximum atomic E-state index is 5.72. The Kier molecular flexibility index (Phi) is 6.08. The number of aryl methyl sites for hydroxylation is 1. The van der Waals surface area contributed by atoms with Gasteiger partial charge < -0.3 is 14.8 Å². The van der Waals surface area contributed by atoms with Crippen molar-refractivity contribution < 1.29 is 9.47 Å². The molecule has 4 aromatic rings. The summed E-state index contributed by atoms with van der Waals surface area (Å²) in [6.07, 6.45) is 4.20. The van der Waals surface area contributed by atoms with Gasteiger partial charge in [0.2, 0.25) is 6.79 Å². The van der Waals surface area contributed by atoms with Crippen LogP contribution in [0.1, 0.15) is 24.0 Å². The minimum absolute atomic E-state index is 0.313. The van der Waals surface area contributed by atoms with E-state index in [1.54, 1.807) is 0 Å². The molecular weight excluding hydrogens is 506 g/mol. The smallest absolute Gasteiger partial charge is 0.231 e. The molecule has 0 bridgehead atoms. The summed E-state index contributed by atoms with van der Waals surface area (Å²) in [5.74, 6) is 3.26. The van der Waals surface area contributed by atoms with E-state index >= 15 is 0 Å². The molecule has 1 fully saturated rings. The van der Waals surface area contributed by atoms with Crippen LogP contribution >= 0.6 is 15.9 Å². The van der Waals surface area contributed by atoms with E-state index in [2.05, 4.69) is 80.6 Å². The van der Waals surface area contributed by atoms with Crippen molar-refractivity contribution in [2.24, 2.45) is 5.92 Å². The van der Waals surface area contributed by atoms with E-state index < -0.39 is 0 Å². The highest BCUT2D eigenvalue weighted by atomic mass is 79.9. The molecule has 1 atom stereocenters. The number of hydrogen-bond acceptors (Lipinski definition) is 6. The van der Waals surface area contributed by atoms with Gasteiger partial charge in [0.25, 0.3) is 0 Å². The molecule has 1 N–H and O–H groups in total. The quantitative estimate of drug-likeness (QED) is 0.352. The molecule has 2 aromatic carbocycles. The van der Waals surface area contributed by atoms with Crippen LogP contribution in [0.2, 0.25) is 0 Å². The lowest BCUT2D eigenvalue weighted by Crippen LogP contribution is -2.37. The summed E-state index contributed by atoms with van der Waals surface area (Å²) in [5.41, 5.74) is 5.31. The number of anilines is 1. The van der Waals surface area contributed by atoms with Gasteiger partial charge in [-0.15, -0.1) is 0 Å². The van der Waals surface area contributed by atoms with Gasteiger partial charge in [0.05, 0.1) is 16.4 Å². The van der Waals surface area contributed by atoms with Crippen molar-refractivity contribution in [3.8, 4) is 22.8 Å². The van der Waals surface area contributed by atoms with Crippen LogP contribution in [-0.4, -0.2) is 45.9 Å². The van der Waals surface area contributed by atoms with Crippen LogP contribution in [0.3, 0.4) is 0 Å². The number of piperidine rings is 1. The first kappa shape index (κ1) is 22.4. The molecule has 35 heavy (non-hydrogen) atoms. The number of rotatable bonds is 6. The van der Waals surface area contributed by atoms with Gasteiger partial charge in [-0.3, -0.25) is 4.90 Å². The lowest BCUT2D eigenvalue weighted by atomic mass is 9.97. The Morgan fingerprint density at radius 1 is 1.14 bits per heavy atom. The number of ether oxygens (including phenoxy) is 2. The lowest BCUT2D eigenvalue weighted by Gasteiger charge is -2.33. The van der Waals surface area contributed by atoms with Crippen LogP contribution in [0.25, 0.3) is 16.9 Å². The monoisotopic (exact) mass is 533 g/mol. The first-order chi connectivity index (χ1) is 17.2. The summed E-state index contributed by atoms with van der Waals surface area (Å²) < 4.78 is 14.1. The Balaban J connectivity index is 1.19. The van der Waals surface area contributed by atoms with E-state index in [1.807, 2.05) is 16.8 Å². The molecule has 0 saturated carbocycles. The number of halogens is 1. The Bertz CT molecular complexity index is 1370. The minimum Gasteiger partial charge on any atom is -0.454 e. The standard InChI is InChI=1S/C27H28BrN5O2/c1-18-6-2-3-9-21(18)23-12-25(33-27(31-23)22(28)14-30-33)29-13-19-7-5-11-32(15-19)16-20-8-4-10-24-26(20)35-17-34-24/h2-4,6,8-10,12,14,19,29H,5,7,11,13,15-17H2,1H3. The summed E-state index contributed by atoms with van der Waals surface area (Å²) in [6, 6.07) is 16.6. The highest BCUT2D eigenvalue weighted by molar-refractivity contribution is 9.10. The van der Waals surface area contributed by atoms with Gasteiger partial charge in [0, 0.05) is 36.8 Å². The molecule has 0 amide bonds. The third-order valence-electron chi connectivity index (χ3n) is 6.90. The Labute approximate surface area is 213 Å². The van der Waals surface area contributed by atoms with Gasteiger partial charge in [-0.2, -0.15) is 9.61 Å². The summed E-state index contributed by atoms with van der Waals surface area (Å²) >= 11 is 3.62. The molecule has 4 heterocycles. The van der Waals surface area contributed by atoms with Crippen LogP contribution in [0.15, 0.2) is 59.2 Å². The Hall–Kier alpha value is -3.10. The van der Waals surface area contributed by atoms with Gasteiger partial charge in [-0.25, -0.2) is 4.98 Å². The highest BCUT2D eigenvalue weighted by Gasteiger charge is 2.24. The van der Waals surface area contributed by atoms with Crippen molar-refractivity contribution in [3.63, 3.8) is 0 Å². The molecule has 7 nitrogen and oxygen atoms in total. The average molecular weight is 534 g/mol. The van der Waals surface area contributed by atoms with Crippen LogP contribution in [0.5, 0.6) is 11.5 Å². The van der Waals surface area contributed by atoms with E-state index in [1.165, 1.54) is 24.0 Å². The number of hydrogen-bond donors (Lipinski definition) is 1. The zero-order valence-corrected chi connectivity index (χ0v) is 21.3. The fourth-order valence-electron chi connectivity index (χ4n) is 5.13. The van der Waals surface area contributed by atoms with E-state index in [0.717, 1.165) is 64.9 Å². The molecule has 1 saturated heterocycles. The third-order valence-corrected chi connectivity index (χ3v) is 7.46. The van der Waals surface area contributed by atoms with Crippen molar-refractivity contribution >= 4 is 27.4 Å². The topological polar surface area (TPSA) is 63.9 Å². The fourth-order valence-corrected chi connectivity index (χ4v) is 5.47. The van der Waals surface area contributed by atoms with Gasteiger partial charge in [-0.05, 0) is 59.8 Å². The van der Waals surface area contributed by atoms with E-state index in [-0.39, 0.29) is 0 Å². The molecular formula is C27H28BrN5O2. The maximum Gasteiger partial charge on any atom is 0.231 e. The van der Waals surface area contributed by atoms with Crippen LogP contribution in [0.4, 0.5) is 5.82 Å².